The summed E-state index contributed by atoms with van der Waals surface area (Å²) >= 11 is 9.04. The van der Waals surface area contributed by atoms with Gasteiger partial charge in [-0.15, -0.1) is 23.1 Å². The summed E-state index contributed by atoms with van der Waals surface area (Å²) in [6, 6.07) is 18.3. The summed E-state index contributed by atoms with van der Waals surface area (Å²) in [7, 11) is 0. The molecular formula is C20H17ClN2O2S2. The van der Waals surface area contributed by atoms with Gasteiger partial charge in [0, 0.05) is 28.4 Å². The highest BCUT2D eigenvalue weighted by atomic mass is 35.5. The quantitative estimate of drug-likeness (QED) is 0.480. The Balaban J connectivity index is 1.50. The zero-order chi connectivity index (χ0) is 19.1. The van der Waals surface area contributed by atoms with Crippen LogP contribution in [0, 0.1) is 0 Å². The SMILES string of the molecule is O=C(CCSc1ccccc1Cl)Nc1cccc(NC(=O)c2cccs2)c1. The molecule has 0 aliphatic carbocycles. The van der Waals surface area contributed by atoms with Crippen molar-refractivity contribution in [1.82, 2.24) is 0 Å². The topological polar surface area (TPSA) is 58.2 Å². The lowest BCUT2D eigenvalue weighted by atomic mass is 10.2. The van der Waals surface area contributed by atoms with Crippen LogP contribution in [0.3, 0.4) is 0 Å². The molecule has 2 amide bonds. The normalized spacial score (nSPS) is 10.4. The Morgan fingerprint density at radius 3 is 2.48 bits per heavy atom. The van der Waals surface area contributed by atoms with Crippen molar-refractivity contribution in [2.45, 2.75) is 11.3 Å². The molecule has 1 aromatic heterocycles. The summed E-state index contributed by atoms with van der Waals surface area (Å²) in [5, 5.41) is 8.23. The molecule has 7 heteroatoms. The van der Waals surface area contributed by atoms with Gasteiger partial charge in [0.25, 0.3) is 5.91 Å². The molecule has 3 aromatic rings. The van der Waals surface area contributed by atoms with Crippen molar-refractivity contribution in [3.05, 3.63) is 75.9 Å². The number of carbonyl (C=O) groups excluding carboxylic acids is 2. The first-order chi connectivity index (χ1) is 13.1. The first-order valence-electron chi connectivity index (χ1n) is 8.24. The number of amides is 2. The third kappa shape index (κ3) is 5.85. The number of anilines is 2. The maximum Gasteiger partial charge on any atom is 0.265 e. The number of rotatable bonds is 7. The predicted molar refractivity (Wildman–Crippen MR) is 114 cm³/mol. The van der Waals surface area contributed by atoms with Crippen molar-refractivity contribution in [3.8, 4) is 0 Å². The van der Waals surface area contributed by atoms with Crippen LogP contribution in [-0.2, 0) is 4.79 Å². The number of thiophene rings is 1. The lowest BCUT2D eigenvalue weighted by Gasteiger charge is -2.09. The average Bonchev–Trinajstić information content (AvgIpc) is 3.18. The van der Waals surface area contributed by atoms with Gasteiger partial charge >= 0.3 is 0 Å². The fraction of sp³-hybridized carbons (Fsp3) is 0.100. The maximum atomic E-state index is 12.2. The molecule has 0 spiro atoms. The molecule has 138 valence electrons. The zero-order valence-electron chi connectivity index (χ0n) is 14.3. The molecule has 0 unspecified atom stereocenters. The van der Waals surface area contributed by atoms with Gasteiger partial charge in [-0.3, -0.25) is 9.59 Å². The van der Waals surface area contributed by atoms with E-state index < -0.39 is 0 Å². The molecule has 0 saturated carbocycles. The van der Waals surface area contributed by atoms with Crippen LogP contribution < -0.4 is 10.6 Å². The van der Waals surface area contributed by atoms with Crippen molar-refractivity contribution in [2.75, 3.05) is 16.4 Å². The number of hydrogen-bond acceptors (Lipinski definition) is 4. The lowest BCUT2D eigenvalue weighted by Crippen LogP contribution is -2.13. The molecule has 0 bridgehead atoms. The minimum absolute atomic E-state index is 0.0868. The van der Waals surface area contributed by atoms with E-state index in [-0.39, 0.29) is 11.8 Å². The number of halogens is 1. The molecule has 2 aromatic carbocycles. The molecule has 27 heavy (non-hydrogen) atoms. The molecule has 0 aliphatic rings. The summed E-state index contributed by atoms with van der Waals surface area (Å²) in [5.41, 5.74) is 1.28. The smallest absolute Gasteiger partial charge is 0.265 e. The first-order valence-corrected chi connectivity index (χ1v) is 10.5. The lowest BCUT2D eigenvalue weighted by molar-refractivity contribution is -0.115. The molecule has 0 fully saturated rings. The average molecular weight is 417 g/mol. The van der Waals surface area contributed by atoms with E-state index in [0.717, 1.165) is 4.90 Å². The highest BCUT2D eigenvalue weighted by molar-refractivity contribution is 7.99. The van der Waals surface area contributed by atoms with Gasteiger partial charge in [0.1, 0.15) is 0 Å². The van der Waals surface area contributed by atoms with Gasteiger partial charge in [0.2, 0.25) is 5.91 Å². The monoisotopic (exact) mass is 416 g/mol. The van der Waals surface area contributed by atoms with Gasteiger partial charge in [-0.25, -0.2) is 0 Å². The van der Waals surface area contributed by atoms with E-state index in [4.69, 9.17) is 11.6 Å². The highest BCUT2D eigenvalue weighted by Gasteiger charge is 2.08. The fourth-order valence-electron chi connectivity index (χ4n) is 2.31. The third-order valence-corrected chi connectivity index (χ3v) is 5.96. The van der Waals surface area contributed by atoms with E-state index in [0.29, 0.717) is 33.4 Å². The molecule has 0 atom stereocenters. The Morgan fingerprint density at radius 1 is 0.963 bits per heavy atom. The number of nitrogens with one attached hydrogen (secondary N) is 2. The van der Waals surface area contributed by atoms with E-state index >= 15 is 0 Å². The van der Waals surface area contributed by atoms with E-state index in [2.05, 4.69) is 10.6 Å². The largest absolute Gasteiger partial charge is 0.326 e. The predicted octanol–water partition coefficient (Wildman–Crippen LogP) is 5.77. The van der Waals surface area contributed by atoms with Gasteiger partial charge in [-0.1, -0.05) is 35.9 Å². The van der Waals surface area contributed by atoms with Gasteiger partial charge in [0.15, 0.2) is 0 Å². The van der Waals surface area contributed by atoms with E-state index in [1.807, 2.05) is 35.7 Å². The summed E-state index contributed by atoms with van der Waals surface area (Å²) < 4.78 is 0. The number of benzene rings is 2. The van der Waals surface area contributed by atoms with Crippen LogP contribution >= 0.6 is 34.7 Å². The van der Waals surface area contributed by atoms with Gasteiger partial charge in [-0.2, -0.15) is 0 Å². The zero-order valence-corrected chi connectivity index (χ0v) is 16.7. The first kappa shape index (κ1) is 19.5. The van der Waals surface area contributed by atoms with E-state index in [1.54, 1.807) is 42.1 Å². The number of hydrogen-bond donors (Lipinski definition) is 2. The Hall–Kier alpha value is -2.28. The van der Waals surface area contributed by atoms with Crippen LogP contribution in [0.25, 0.3) is 0 Å². The van der Waals surface area contributed by atoms with E-state index in [1.165, 1.54) is 11.3 Å². The summed E-state index contributed by atoms with van der Waals surface area (Å²) in [6.07, 6.45) is 0.363. The van der Waals surface area contributed by atoms with Crippen molar-refractivity contribution in [2.24, 2.45) is 0 Å². The molecule has 0 radical (unpaired) electrons. The number of thioether (sulfide) groups is 1. The third-order valence-electron chi connectivity index (χ3n) is 3.57. The summed E-state index contributed by atoms with van der Waals surface area (Å²) in [5.74, 6) is 0.380. The molecule has 0 aliphatic heterocycles. The Labute approximate surface area is 170 Å². The van der Waals surface area contributed by atoms with Crippen LogP contribution in [0.5, 0.6) is 0 Å². The molecule has 4 nitrogen and oxygen atoms in total. The standard InChI is InChI=1S/C20H17ClN2O2S2/c21-16-7-1-2-8-17(16)27-12-10-19(24)22-14-5-3-6-15(13-14)23-20(25)18-9-4-11-26-18/h1-9,11,13H,10,12H2,(H,22,24)(H,23,25). The summed E-state index contributed by atoms with van der Waals surface area (Å²) in [4.78, 5) is 25.9. The highest BCUT2D eigenvalue weighted by Crippen LogP contribution is 2.27. The second-order valence-electron chi connectivity index (χ2n) is 5.59. The van der Waals surface area contributed by atoms with Crippen molar-refractivity contribution < 1.29 is 9.59 Å². The Kier molecular flexibility index (Phi) is 6.92. The van der Waals surface area contributed by atoms with Gasteiger partial charge in [0.05, 0.1) is 9.90 Å². The minimum atomic E-state index is -0.162. The Bertz CT molecular complexity index is 929. The van der Waals surface area contributed by atoms with Gasteiger partial charge < -0.3 is 10.6 Å². The van der Waals surface area contributed by atoms with Crippen LogP contribution in [0.1, 0.15) is 16.1 Å². The number of carbonyl (C=O) groups is 2. The second kappa shape index (κ2) is 9.60. The van der Waals surface area contributed by atoms with Crippen LogP contribution in [0.4, 0.5) is 11.4 Å². The minimum Gasteiger partial charge on any atom is -0.326 e. The molecular weight excluding hydrogens is 400 g/mol. The second-order valence-corrected chi connectivity index (χ2v) is 8.08. The van der Waals surface area contributed by atoms with Crippen molar-refractivity contribution >= 4 is 57.9 Å². The molecule has 2 N–H and O–H groups in total. The van der Waals surface area contributed by atoms with Crippen LogP contribution in [0.2, 0.25) is 5.02 Å². The Morgan fingerprint density at radius 2 is 1.74 bits per heavy atom. The van der Waals surface area contributed by atoms with Gasteiger partial charge in [-0.05, 0) is 41.8 Å². The summed E-state index contributed by atoms with van der Waals surface area (Å²) in [6.45, 7) is 0. The van der Waals surface area contributed by atoms with E-state index in [9.17, 15) is 9.59 Å². The van der Waals surface area contributed by atoms with Crippen molar-refractivity contribution in [1.29, 1.82) is 0 Å². The van der Waals surface area contributed by atoms with Crippen molar-refractivity contribution in [3.63, 3.8) is 0 Å². The molecule has 0 saturated heterocycles. The molecule has 3 rings (SSSR count). The van der Waals surface area contributed by atoms with Crippen LogP contribution in [0.15, 0.2) is 70.9 Å². The fourth-order valence-corrected chi connectivity index (χ4v) is 4.12. The van der Waals surface area contributed by atoms with Crippen LogP contribution in [-0.4, -0.2) is 17.6 Å². The maximum absolute atomic E-state index is 12.2. The molecule has 1 heterocycles.